The van der Waals surface area contributed by atoms with Gasteiger partial charge >= 0.3 is 5.97 Å². The third kappa shape index (κ3) is 3.50. The fourth-order valence-corrected chi connectivity index (χ4v) is 3.05. The summed E-state index contributed by atoms with van der Waals surface area (Å²) in [6.07, 6.45) is 1.88. The van der Waals surface area contributed by atoms with Crippen molar-refractivity contribution in [2.45, 2.75) is 40.7 Å². The number of carboxylic acids is 1. The molecule has 0 unspecified atom stereocenters. The molecule has 5 nitrogen and oxygen atoms in total. The van der Waals surface area contributed by atoms with E-state index < -0.39 is 5.97 Å². The summed E-state index contributed by atoms with van der Waals surface area (Å²) >= 11 is 0. The Morgan fingerprint density at radius 2 is 1.92 bits per heavy atom. The van der Waals surface area contributed by atoms with Crippen molar-refractivity contribution in [3.05, 3.63) is 52.8 Å². The van der Waals surface area contributed by atoms with E-state index in [0.29, 0.717) is 24.3 Å². The molecular weight excluding hydrogens is 304 g/mol. The lowest BCUT2D eigenvalue weighted by atomic mass is 10.1. The number of carboxylic acid groups (broad SMARTS) is 1. The lowest BCUT2D eigenvalue weighted by molar-refractivity contribution is -0.118. The van der Waals surface area contributed by atoms with Gasteiger partial charge in [0.1, 0.15) is 0 Å². The second-order valence-corrected chi connectivity index (χ2v) is 5.88. The molecule has 1 aromatic heterocycles. The number of nitrogens with zero attached hydrogens (tertiary/aromatic N) is 2. The number of aromatic carboxylic acids is 1. The Morgan fingerprint density at radius 3 is 2.46 bits per heavy atom. The van der Waals surface area contributed by atoms with Crippen LogP contribution in [0.25, 0.3) is 0 Å². The van der Waals surface area contributed by atoms with Gasteiger partial charge in [0.25, 0.3) is 0 Å². The Morgan fingerprint density at radius 1 is 1.21 bits per heavy atom. The second kappa shape index (κ2) is 7.34. The van der Waals surface area contributed by atoms with Crippen LogP contribution in [0.2, 0.25) is 0 Å². The van der Waals surface area contributed by atoms with Gasteiger partial charge in [0.05, 0.1) is 12.0 Å². The average Bonchev–Trinajstić information content (AvgIpc) is 2.83. The summed E-state index contributed by atoms with van der Waals surface area (Å²) in [6, 6.07) is 7.76. The average molecular weight is 328 g/mol. The van der Waals surface area contributed by atoms with E-state index in [0.717, 1.165) is 11.3 Å². The number of carbonyl (C=O) groups is 2. The molecule has 0 saturated carbocycles. The summed E-state index contributed by atoms with van der Waals surface area (Å²) in [6.45, 7) is 8.78. The van der Waals surface area contributed by atoms with Gasteiger partial charge in [0, 0.05) is 30.7 Å². The number of aromatic nitrogens is 1. The first-order chi connectivity index (χ1) is 11.4. The normalized spacial score (nSPS) is 10.7. The van der Waals surface area contributed by atoms with Crippen LogP contribution in [0.5, 0.6) is 0 Å². The highest BCUT2D eigenvalue weighted by atomic mass is 16.4. The highest BCUT2D eigenvalue weighted by molar-refractivity contribution is 5.98. The minimum absolute atomic E-state index is 0.0745. The van der Waals surface area contributed by atoms with Gasteiger partial charge in [-0.05, 0) is 51.0 Å². The second-order valence-electron chi connectivity index (χ2n) is 5.88. The smallest absolute Gasteiger partial charge is 0.337 e. The highest BCUT2D eigenvalue weighted by Gasteiger charge is 2.23. The Bertz CT molecular complexity index is 762. The molecule has 0 fully saturated rings. The number of likely N-dealkylation sites (N-methyl/N-ethyl adjacent to an activating group) is 1. The summed E-state index contributed by atoms with van der Waals surface area (Å²) < 4.78 is 1.85. The maximum absolute atomic E-state index is 12.8. The number of hydrogen-bond acceptors (Lipinski definition) is 2. The molecule has 1 amide bonds. The maximum atomic E-state index is 12.8. The molecule has 1 N–H and O–H groups in total. The molecule has 0 aliphatic heterocycles. The van der Waals surface area contributed by atoms with Crippen molar-refractivity contribution >= 4 is 17.6 Å². The molecule has 5 heteroatoms. The molecule has 0 spiro atoms. The van der Waals surface area contributed by atoms with Crippen molar-refractivity contribution in [3.63, 3.8) is 0 Å². The molecule has 0 aliphatic rings. The van der Waals surface area contributed by atoms with E-state index in [1.807, 2.05) is 49.6 Å². The third-order valence-electron chi connectivity index (χ3n) is 4.18. The maximum Gasteiger partial charge on any atom is 0.337 e. The first-order valence-electron chi connectivity index (χ1n) is 8.17. The first-order valence-corrected chi connectivity index (χ1v) is 8.17. The highest BCUT2D eigenvalue weighted by Crippen LogP contribution is 2.21. The van der Waals surface area contributed by atoms with Gasteiger partial charge in [-0.15, -0.1) is 0 Å². The molecule has 128 valence electrons. The van der Waals surface area contributed by atoms with E-state index in [2.05, 4.69) is 0 Å². The number of amides is 1. The van der Waals surface area contributed by atoms with Gasteiger partial charge in [-0.25, -0.2) is 4.79 Å². The van der Waals surface area contributed by atoms with Gasteiger partial charge in [-0.2, -0.15) is 0 Å². The third-order valence-corrected chi connectivity index (χ3v) is 4.18. The molecule has 0 aliphatic carbocycles. The quantitative estimate of drug-likeness (QED) is 0.884. The van der Waals surface area contributed by atoms with Crippen LogP contribution in [0, 0.1) is 13.8 Å². The minimum Gasteiger partial charge on any atom is -0.478 e. The van der Waals surface area contributed by atoms with Gasteiger partial charge in [-0.1, -0.05) is 12.1 Å². The van der Waals surface area contributed by atoms with E-state index >= 15 is 0 Å². The number of benzene rings is 1. The molecule has 0 atom stereocenters. The molecule has 24 heavy (non-hydrogen) atoms. The van der Waals surface area contributed by atoms with Crippen molar-refractivity contribution in [1.82, 2.24) is 4.57 Å². The Balaban J connectivity index is 2.36. The largest absolute Gasteiger partial charge is 0.478 e. The standard InChI is InChI=1S/C19H24N2O3/c1-5-20-12-14(4)18(19(23)24)16(20)11-17(22)21(6-2)15-9-7-8-13(3)10-15/h7-10,12H,5-6,11H2,1-4H3,(H,23,24). The Hall–Kier alpha value is -2.56. The van der Waals surface area contributed by atoms with Gasteiger partial charge < -0.3 is 14.6 Å². The van der Waals surface area contributed by atoms with E-state index in [-0.39, 0.29) is 17.9 Å². The molecule has 0 saturated heterocycles. The van der Waals surface area contributed by atoms with E-state index in [9.17, 15) is 14.7 Å². The van der Waals surface area contributed by atoms with Crippen molar-refractivity contribution in [1.29, 1.82) is 0 Å². The van der Waals surface area contributed by atoms with Crippen molar-refractivity contribution in [2.24, 2.45) is 0 Å². The van der Waals surface area contributed by atoms with Crippen LogP contribution in [0.1, 0.15) is 41.0 Å². The monoisotopic (exact) mass is 328 g/mol. The molecule has 0 radical (unpaired) electrons. The fourth-order valence-electron chi connectivity index (χ4n) is 3.05. The summed E-state index contributed by atoms with van der Waals surface area (Å²) in [5, 5.41) is 9.48. The Kier molecular flexibility index (Phi) is 5.44. The van der Waals surface area contributed by atoms with Gasteiger partial charge in [-0.3, -0.25) is 4.79 Å². The number of carbonyl (C=O) groups excluding carboxylic acids is 1. The topological polar surface area (TPSA) is 62.5 Å². The van der Waals surface area contributed by atoms with E-state index in [1.54, 1.807) is 18.0 Å². The number of rotatable bonds is 6. The molecule has 0 bridgehead atoms. The molecule has 1 aromatic carbocycles. The van der Waals surface area contributed by atoms with Crippen molar-refractivity contribution in [2.75, 3.05) is 11.4 Å². The van der Waals surface area contributed by atoms with Crippen molar-refractivity contribution < 1.29 is 14.7 Å². The predicted molar refractivity (Wildman–Crippen MR) is 94.7 cm³/mol. The summed E-state index contributed by atoms with van der Waals surface area (Å²) in [5.74, 6) is -1.08. The van der Waals surface area contributed by atoms with Gasteiger partial charge in [0.2, 0.25) is 5.91 Å². The molecule has 1 heterocycles. The van der Waals surface area contributed by atoms with E-state index in [1.165, 1.54) is 0 Å². The summed E-state index contributed by atoms with van der Waals surface area (Å²) in [5.41, 5.74) is 3.42. The first kappa shape index (κ1) is 17.8. The minimum atomic E-state index is -0.985. The SMILES string of the molecule is CCN(C(=O)Cc1c(C(=O)O)c(C)cn1CC)c1cccc(C)c1. The zero-order chi connectivity index (χ0) is 17.9. The lowest BCUT2D eigenvalue weighted by Crippen LogP contribution is -2.33. The fraction of sp³-hybridized carbons (Fsp3) is 0.368. The lowest BCUT2D eigenvalue weighted by Gasteiger charge is -2.22. The predicted octanol–water partition coefficient (Wildman–Crippen LogP) is 3.42. The summed E-state index contributed by atoms with van der Waals surface area (Å²) in [7, 11) is 0. The van der Waals surface area contributed by atoms with Crippen LogP contribution < -0.4 is 4.90 Å². The molecular formula is C19H24N2O3. The van der Waals surface area contributed by atoms with Crippen LogP contribution >= 0.6 is 0 Å². The molecule has 2 aromatic rings. The van der Waals surface area contributed by atoms with Crippen molar-refractivity contribution in [3.8, 4) is 0 Å². The van der Waals surface area contributed by atoms with Crippen LogP contribution in [0.15, 0.2) is 30.5 Å². The van der Waals surface area contributed by atoms with Crippen LogP contribution in [-0.2, 0) is 17.8 Å². The van der Waals surface area contributed by atoms with E-state index in [4.69, 9.17) is 0 Å². The zero-order valence-corrected chi connectivity index (χ0v) is 14.7. The van der Waals surface area contributed by atoms with Crippen LogP contribution in [0.4, 0.5) is 5.69 Å². The number of hydrogen-bond donors (Lipinski definition) is 1. The van der Waals surface area contributed by atoms with Crippen LogP contribution in [0.3, 0.4) is 0 Å². The number of anilines is 1. The van der Waals surface area contributed by atoms with Crippen LogP contribution in [-0.4, -0.2) is 28.1 Å². The Labute approximate surface area is 142 Å². The number of aryl methyl sites for hydroxylation is 3. The summed E-state index contributed by atoms with van der Waals surface area (Å²) in [4.78, 5) is 26.1. The zero-order valence-electron chi connectivity index (χ0n) is 14.7. The van der Waals surface area contributed by atoms with Gasteiger partial charge in [0.15, 0.2) is 0 Å². The molecule has 2 rings (SSSR count).